The van der Waals surface area contributed by atoms with E-state index in [4.69, 9.17) is 0 Å². The molecule has 0 bridgehead atoms. The van der Waals surface area contributed by atoms with Crippen LogP contribution in [0.5, 0.6) is 0 Å². The van der Waals surface area contributed by atoms with Crippen LogP contribution in [0.4, 0.5) is 10.8 Å². The summed E-state index contributed by atoms with van der Waals surface area (Å²) in [5.74, 6) is -0.586. The average Bonchev–Trinajstić information content (AvgIpc) is 3.14. The van der Waals surface area contributed by atoms with Crippen molar-refractivity contribution in [2.24, 2.45) is 5.92 Å². The third-order valence-electron chi connectivity index (χ3n) is 4.20. The first-order valence-electron chi connectivity index (χ1n) is 8.26. The van der Waals surface area contributed by atoms with Gasteiger partial charge in [0, 0.05) is 24.1 Å². The lowest BCUT2D eigenvalue weighted by atomic mass is 9.98. The van der Waals surface area contributed by atoms with Gasteiger partial charge in [0.2, 0.25) is 16.9 Å². The van der Waals surface area contributed by atoms with Crippen LogP contribution in [0.3, 0.4) is 0 Å². The first-order valence-corrected chi connectivity index (χ1v) is 9.08. The third-order valence-corrected chi connectivity index (χ3v) is 5.46. The summed E-state index contributed by atoms with van der Waals surface area (Å²) in [5.41, 5.74) is 1.79. The number of hydrogen-bond donors (Lipinski definition) is 1. The molecule has 7 heteroatoms. The van der Waals surface area contributed by atoms with Gasteiger partial charge in [0.25, 0.3) is 0 Å². The SMILES string of the molecule is Cc1ccccc1N1C[C@H](C(=O)Nc2nnc(C(C)(C)C)s2)CC1=O. The van der Waals surface area contributed by atoms with Crippen LogP contribution in [-0.2, 0) is 15.0 Å². The maximum Gasteiger partial charge on any atom is 0.231 e. The zero-order chi connectivity index (χ0) is 18.2. The molecule has 1 aliphatic heterocycles. The molecule has 1 fully saturated rings. The van der Waals surface area contributed by atoms with Crippen LogP contribution in [0.2, 0.25) is 0 Å². The number of aryl methyl sites for hydroxylation is 1. The van der Waals surface area contributed by atoms with Gasteiger partial charge in [-0.2, -0.15) is 0 Å². The number of para-hydroxylation sites is 1. The molecule has 1 atom stereocenters. The molecule has 0 saturated carbocycles. The number of carbonyl (C=O) groups is 2. The maximum atomic E-state index is 12.5. The van der Waals surface area contributed by atoms with Crippen molar-refractivity contribution in [1.82, 2.24) is 10.2 Å². The van der Waals surface area contributed by atoms with E-state index in [-0.39, 0.29) is 29.6 Å². The van der Waals surface area contributed by atoms with E-state index in [1.165, 1.54) is 11.3 Å². The number of carbonyl (C=O) groups excluding carboxylic acids is 2. The minimum atomic E-state index is -0.380. The molecule has 0 aliphatic carbocycles. The van der Waals surface area contributed by atoms with Crippen LogP contribution in [0.15, 0.2) is 24.3 Å². The Hall–Kier alpha value is -2.28. The molecule has 1 aromatic heterocycles. The van der Waals surface area contributed by atoms with Gasteiger partial charge in [-0.3, -0.25) is 9.59 Å². The van der Waals surface area contributed by atoms with Gasteiger partial charge < -0.3 is 10.2 Å². The highest BCUT2D eigenvalue weighted by Crippen LogP contribution is 2.30. The predicted molar refractivity (Wildman–Crippen MR) is 98.9 cm³/mol. The van der Waals surface area contributed by atoms with Crippen LogP contribution in [-0.4, -0.2) is 28.6 Å². The van der Waals surface area contributed by atoms with Gasteiger partial charge in [-0.1, -0.05) is 50.3 Å². The lowest BCUT2D eigenvalue weighted by molar-refractivity contribution is -0.122. The molecule has 0 spiro atoms. The summed E-state index contributed by atoms with van der Waals surface area (Å²) in [5, 5.41) is 12.3. The minimum absolute atomic E-state index is 0.0258. The number of amides is 2. The van der Waals surface area contributed by atoms with E-state index >= 15 is 0 Å². The van der Waals surface area contributed by atoms with E-state index in [1.807, 2.05) is 31.2 Å². The Labute approximate surface area is 151 Å². The van der Waals surface area contributed by atoms with E-state index in [1.54, 1.807) is 4.90 Å². The van der Waals surface area contributed by atoms with Gasteiger partial charge in [0.15, 0.2) is 0 Å². The topological polar surface area (TPSA) is 75.2 Å². The van der Waals surface area contributed by atoms with E-state index in [0.29, 0.717) is 11.7 Å². The first-order chi connectivity index (χ1) is 11.8. The van der Waals surface area contributed by atoms with Gasteiger partial charge in [-0.05, 0) is 18.6 Å². The summed E-state index contributed by atoms with van der Waals surface area (Å²) in [6.45, 7) is 8.50. The zero-order valence-corrected chi connectivity index (χ0v) is 15.7. The van der Waals surface area contributed by atoms with Gasteiger partial charge >= 0.3 is 0 Å². The summed E-state index contributed by atoms with van der Waals surface area (Å²) in [4.78, 5) is 26.6. The van der Waals surface area contributed by atoms with E-state index < -0.39 is 0 Å². The number of rotatable bonds is 3. The predicted octanol–water partition coefficient (Wildman–Crippen LogP) is 3.14. The molecule has 6 nitrogen and oxygen atoms in total. The molecule has 132 valence electrons. The average molecular weight is 358 g/mol. The standard InChI is InChI=1S/C18H22N4O2S/c1-11-7-5-6-8-13(11)22-10-12(9-14(22)23)15(24)19-17-21-20-16(25-17)18(2,3)4/h5-8,12H,9-10H2,1-4H3,(H,19,21,24)/t12-/m1/s1. The lowest BCUT2D eigenvalue weighted by Crippen LogP contribution is -2.28. The summed E-state index contributed by atoms with van der Waals surface area (Å²) in [6, 6.07) is 7.71. The first kappa shape index (κ1) is 17.5. The monoisotopic (exact) mass is 358 g/mol. The van der Waals surface area contributed by atoms with E-state index in [9.17, 15) is 9.59 Å². The fourth-order valence-electron chi connectivity index (χ4n) is 2.77. The van der Waals surface area contributed by atoms with Crippen molar-refractivity contribution in [2.45, 2.75) is 39.5 Å². The highest BCUT2D eigenvalue weighted by molar-refractivity contribution is 7.15. The van der Waals surface area contributed by atoms with Crippen LogP contribution in [0, 0.1) is 12.8 Å². The number of benzene rings is 1. The van der Waals surface area contributed by atoms with Gasteiger partial charge in [-0.15, -0.1) is 10.2 Å². The van der Waals surface area contributed by atoms with Crippen molar-refractivity contribution in [1.29, 1.82) is 0 Å². The van der Waals surface area contributed by atoms with Gasteiger partial charge in [0.05, 0.1) is 5.92 Å². The number of nitrogens with zero attached hydrogens (tertiary/aromatic N) is 3. The Morgan fingerprint density at radius 1 is 1.28 bits per heavy atom. The normalized spacial score (nSPS) is 17.8. The second-order valence-electron chi connectivity index (χ2n) is 7.34. The van der Waals surface area contributed by atoms with Crippen LogP contribution in [0.25, 0.3) is 0 Å². The second-order valence-corrected chi connectivity index (χ2v) is 8.32. The molecular weight excluding hydrogens is 336 g/mol. The Morgan fingerprint density at radius 2 is 2.00 bits per heavy atom. The highest BCUT2D eigenvalue weighted by Gasteiger charge is 2.36. The van der Waals surface area contributed by atoms with Gasteiger partial charge in [-0.25, -0.2) is 0 Å². The van der Waals surface area contributed by atoms with Crippen LogP contribution in [0.1, 0.15) is 37.8 Å². The molecule has 2 aromatic rings. The summed E-state index contributed by atoms with van der Waals surface area (Å²) in [6.07, 6.45) is 0.213. The maximum absolute atomic E-state index is 12.5. The molecule has 2 amide bonds. The summed E-state index contributed by atoms with van der Waals surface area (Å²) < 4.78 is 0. The molecule has 1 aromatic carbocycles. The Kier molecular flexibility index (Phi) is 4.60. The van der Waals surface area contributed by atoms with Crippen LogP contribution < -0.4 is 10.2 Å². The fraction of sp³-hybridized carbons (Fsp3) is 0.444. The largest absolute Gasteiger partial charge is 0.311 e. The van der Waals surface area contributed by atoms with Crippen LogP contribution >= 0.6 is 11.3 Å². The summed E-state index contributed by atoms with van der Waals surface area (Å²) >= 11 is 1.37. The zero-order valence-electron chi connectivity index (χ0n) is 14.9. The molecule has 0 radical (unpaired) electrons. The molecule has 1 N–H and O–H groups in total. The van der Waals surface area contributed by atoms with Crippen molar-refractivity contribution in [3.05, 3.63) is 34.8 Å². The highest BCUT2D eigenvalue weighted by atomic mass is 32.1. The van der Waals surface area contributed by atoms with Crippen molar-refractivity contribution in [2.75, 3.05) is 16.8 Å². The summed E-state index contributed by atoms with van der Waals surface area (Å²) in [7, 11) is 0. The molecule has 1 aliphatic rings. The fourth-order valence-corrected chi connectivity index (χ4v) is 3.57. The van der Waals surface area contributed by atoms with Gasteiger partial charge in [0.1, 0.15) is 5.01 Å². The molecule has 0 unspecified atom stereocenters. The molecular formula is C18H22N4O2S. The van der Waals surface area contributed by atoms with Crippen molar-refractivity contribution in [3.8, 4) is 0 Å². The van der Waals surface area contributed by atoms with Crippen molar-refractivity contribution >= 4 is 34.0 Å². The minimum Gasteiger partial charge on any atom is -0.311 e. The Morgan fingerprint density at radius 3 is 2.64 bits per heavy atom. The number of hydrogen-bond acceptors (Lipinski definition) is 5. The molecule has 3 rings (SSSR count). The third kappa shape index (κ3) is 3.71. The lowest BCUT2D eigenvalue weighted by Gasteiger charge is -2.18. The molecule has 1 saturated heterocycles. The number of nitrogens with one attached hydrogen (secondary N) is 1. The smallest absolute Gasteiger partial charge is 0.231 e. The second kappa shape index (κ2) is 6.55. The Bertz CT molecular complexity index is 809. The quantitative estimate of drug-likeness (QED) is 0.915. The Balaban J connectivity index is 1.69. The van der Waals surface area contributed by atoms with E-state index in [0.717, 1.165) is 16.3 Å². The van der Waals surface area contributed by atoms with E-state index in [2.05, 4.69) is 36.3 Å². The number of anilines is 2. The van der Waals surface area contributed by atoms with Crippen molar-refractivity contribution in [3.63, 3.8) is 0 Å². The number of aromatic nitrogens is 2. The van der Waals surface area contributed by atoms with Crippen molar-refractivity contribution < 1.29 is 9.59 Å². The molecule has 2 heterocycles. The molecule has 25 heavy (non-hydrogen) atoms.